The summed E-state index contributed by atoms with van der Waals surface area (Å²) in [5.41, 5.74) is 7.32. The highest BCUT2D eigenvalue weighted by Crippen LogP contribution is 2.29. The van der Waals surface area contributed by atoms with Crippen molar-refractivity contribution in [2.75, 3.05) is 5.75 Å². The molecule has 2 heteroatoms. The summed E-state index contributed by atoms with van der Waals surface area (Å²) in [6, 6.07) is 0.397. The van der Waals surface area contributed by atoms with E-state index in [1.54, 1.807) is 0 Å². The number of hydrogen-bond donors (Lipinski definition) is 1. The van der Waals surface area contributed by atoms with Gasteiger partial charge in [-0.05, 0) is 38.4 Å². The summed E-state index contributed by atoms with van der Waals surface area (Å²) in [6.07, 6.45) is 4.89. The van der Waals surface area contributed by atoms with E-state index < -0.39 is 0 Å². The molecule has 2 N–H and O–H groups in total. The average Bonchev–Trinajstić information content (AvgIpc) is 2.51. The first kappa shape index (κ1) is 10.1. The number of nitrogens with two attached hydrogens (primary N) is 1. The van der Waals surface area contributed by atoms with Crippen LogP contribution in [-0.2, 0) is 0 Å². The van der Waals surface area contributed by atoms with Crippen LogP contribution >= 0.6 is 11.8 Å². The molecule has 0 aromatic rings. The van der Waals surface area contributed by atoms with Gasteiger partial charge in [-0.1, -0.05) is 5.57 Å². The molecule has 1 fully saturated rings. The van der Waals surface area contributed by atoms with Gasteiger partial charge in [0, 0.05) is 11.3 Å². The van der Waals surface area contributed by atoms with Crippen molar-refractivity contribution >= 4 is 11.8 Å². The van der Waals surface area contributed by atoms with Crippen LogP contribution in [-0.4, -0.2) is 17.0 Å². The van der Waals surface area contributed by atoms with Crippen LogP contribution < -0.4 is 5.73 Å². The largest absolute Gasteiger partial charge is 0.327 e. The van der Waals surface area contributed by atoms with Gasteiger partial charge in [0.15, 0.2) is 0 Å². The molecule has 1 aliphatic rings. The summed E-state index contributed by atoms with van der Waals surface area (Å²) in [6.45, 7) is 5.97. The lowest BCUT2D eigenvalue weighted by molar-refractivity contribution is 0.569. The Morgan fingerprint density at radius 3 is 3.00 bits per heavy atom. The summed E-state index contributed by atoms with van der Waals surface area (Å²) in [4.78, 5) is 0. The zero-order valence-electron chi connectivity index (χ0n) is 7.88. The first-order valence-electron chi connectivity index (χ1n) is 4.71. The van der Waals surface area contributed by atoms with Crippen LogP contribution in [0.4, 0.5) is 0 Å². The fourth-order valence-corrected chi connectivity index (χ4v) is 2.89. The molecule has 1 nitrogen and oxygen atoms in total. The minimum atomic E-state index is 0.397. The second kappa shape index (κ2) is 4.93. The summed E-state index contributed by atoms with van der Waals surface area (Å²) >= 11 is 2.05. The normalized spacial score (nSPS) is 25.7. The van der Waals surface area contributed by atoms with Crippen molar-refractivity contribution in [2.24, 2.45) is 5.73 Å². The van der Waals surface area contributed by atoms with Crippen LogP contribution in [0.2, 0.25) is 0 Å². The van der Waals surface area contributed by atoms with E-state index in [-0.39, 0.29) is 0 Å². The third-order valence-electron chi connectivity index (χ3n) is 2.35. The van der Waals surface area contributed by atoms with Gasteiger partial charge in [0.05, 0.1) is 0 Å². The quantitative estimate of drug-likeness (QED) is 0.681. The van der Waals surface area contributed by atoms with Gasteiger partial charge in [-0.2, -0.15) is 11.8 Å². The molecule has 1 saturated heterocycles. The van der Waals surface area contributed by atoms with Crippen LogP contribution in [0.1, 0.15) is 32.6 Å². The number of allylic oxidation sites excluding steroid dienone is 1. The molecule has 0 spiro atoms. The van der Waals surface area contributed by atoms with E-state index >= 15 is 0 Å². The Hall–Kier alpha value is 0.0500. The first-order chi connectivity index (χ1) is 5.70. The molecule has 0 aromatic carbocycles. The third kappa shape index (κ3) is 3.20. The molecule has 2 unspecified atom stereocenters. The predicted molar refractivity (Wildman–Crippen MR) is 57.5 cm³/mol. The van der Waals surface area contributed by atoms with Gasteiger partial charge in [0.25, 0.3) is 0 Å². The minimum Gasteiger partial charge on any atom is -0.327 e. The minimum absolute atomic E-state index is 0.397. The van der Waals surface area contributed by atoms with Crippen LogP contribution in [0.5, 0.6) is 0 Å². The Morgan fingerprint density at radius 1 is 1.75 bits per heavy atom. The summed E-state index contributed by atoms with van der Waals surface area (Å²) < 4.78 is 0. The van der Waals surface area contributed by atoms with Crippen LogP contribution in [0, 0.1) is 0 Å². The van der Waals surface area contributed by atoms with Crippen molar-refractivity contribution in [1.82, 2.24) is 0 Å². The zero-order chi connectivity index (χ0) is 8.97. The fourth-order valence-electron chi connectivity index (χ4n) is 1.54. The number of hydrogen-bond acceptors (Lipinski definition) is 2. The van der Waals surface area contributed by atoms with E-state index in [9.17, 15) is 0 Å². The lowest BCUT2D eigenvalue weighted by Gasteiger charge is -2.17. The predicted octanol–water partition coefficient (Wildman–Crippen LogP) is 2.57. The maximum Gasteiger partial charge on any atom is 0.0199 e. The third-order valence-corrected chi connectivity index (χ3v) is 3.88. The van der Waals surface area contributed by atoms with Crippen molar-refractivity contribution in [3.8, 4) is 0 Å². The lowest BCUT2D eigenvalue weighted by atomic mass is 10.0. The van der Waals surface area contributed by atoms with Crippen LogP contribution in [0.3, 0.4) is 0 Å². The number of rotatable bonds is 4. The molecule has 0 amide bonds. The molecule has 0 aromatic heterocycles. The van der Waals surface area contributed by atoms with E-state index in [2.05, 4.69) is 13.5 Å². The molecule has 1 rings (SSSR count). The van der Waals surface area contributed by atoms with E-state index in [0.717, 1.165) is 18.1 Å². The maximum atomic E-state index is 6.07. The van der Waals surface area contributed by atoms with Gasteiger partial charge in [-0.25, -0.2) is 0 Å². The molecule has 1 heterocycles. The Balaban J connectivity index is 2.17. The highest BCUT2D eigenvalue weighted by Gasteiger charge is 2.21. The summed E-state index contributed by atoms with van der Waals surface area (Å²) in [5, 5.41) is 0.726. The summed E-state index contributed by atoms with van der Waals surface area (Å²) in [7, 11) is 0. The van der Waals surface area contributed by atoms with Gasteiger partial charge in [-0.3, -0.25) is 0 Å². The average molecular weight is 185 g/mol. The van der Waals surface area contributed by atoms with E-state index in [1.165, 1.54) is 24.2 Å². The topological polar surface area (TPSA) is 26.0 Å². The van der Waals surface area contributed by atoms with Gasteiger partial charge in [0.1, 0.15) is 0 Å². The van der Waals surface area contributed by atoms with Gasteiger partial charge in [-0.15, -0.1) is 6.58 Å². The molecular formula is C10H19NS. The van der Waals surface area contributed by atoms with Gasteiger partial charge in [0.2, 0.25) is 0 Å². The highest BCUT2D eigenvalue weighted by molar-refractivity contribution is 8.00. The van der Waals surface area contributed by atoms with Gasteiger partial charge < -0.3 is 5.73 Å². The molecule has 70 valence electrons. The maximum absolute atomic E-state index is 6.07. The van der Waals surface area contributed by atoms with Gasteiger partial charge >= 0.3 is 0 Å². The molecule has 0 bridgehead atoms. The first-order valence-corrected chi connectivity index (χ1v) is 5.76. The zero-order valence-corrected chi connectivity index (χ0v) is 8.70. The lowest BCUT2D eigenvalue weighted by Crippen LogP contribution is -2.30. The molecule has 2 atom stereocenters. The van der Waals surface area contributed by atoms with Crippen molar-refractivity contribution in [2.45, 2.75) is 43.9 Å². The molecule has 0 saturated carbocycles. The van der Waals surface area contributed by atoms with Crippen LogP contribution in [0.15, 0.2) is 12.2 Å². The van der Waals surface area contributed by atoms with Crippen molar-refractivity contribution in [1.29, 1.82) is 0 Å². The number of thioether (sulfide) groups is 1. The Labute approximate surface area is 79.8 Å². The Morgan fingerprint density at radius 2 is 2.50 bits per heavy atom. The molecule has 0 aliphatic carbocycles. The molecular weight excluding hydrogens is 166 g/mol. The SMILES string of the molecule is C=C(C)CCC(N)C1CCCS1. The second-order valence-corrected chi connectivity index (χ2v) is 5.06. The fraction of sp³-hybridized carbons (Fsp3) is 0.800. The molecule has 0 radical (unpaired) electrons. The Bertz CT molecular complexity index is 150. The van der Waals surface area contributed by atoms with Crippen molar-refractivity contribution in [3.63, 3.8) is 0 Å². The monoisotopic (exact) mass is 185 g/mol. The second-order valence-electron chi connectivity index (χ2n) is 3.71. The standard InChI is InChI=1S/C10H19NS/c1-8(2)5-6-9(11)10-4-3-7-12-10/h9-10H,1,3-7,11H2,2H3. The molecule has 1 aliphatic heterocycles. The highest BCUT2D eigenvalue weighted by atomic mass is 32.2. The van der Waals surface area contributed by atoms with Crippen molar-refractivity contribution in [3.05, 3.63) is 12.2 Å². The summed E-state index contributed by atoms with van der Waals surface area (Å²) in [5.74, 6) is 1.31. The van der Waals surface area contributed by atoms with E-state index in [0.29, 0.717) is 6.04 Å². The van der Waals surface area contributed by atoms with Crippen molar-refractivity contribution < 1.29 is 0 Å². The van der Waals surface area contributed by atoms with Crippen LogP contribution in [0.25, 0.3) is 0 Å². The Kier molecular flexibility index (Phi) is 4.16. The van der Waals surface area contributed by atoms with E-state index in [1.807, 2.05) is 11.8 Å². The molecule has 12 heavy (non-hydrogen) atoms. The smallest absolute Gasteiger partial charge is 0.0199 e. The van der Waals surface area contributed by atoms with E-state index in [4.69, 9.17) is 5.73 Å².